The van der Waals surface area contributed by atoms with Crippen LogP contribution in [0.25, 0.3) is 5.76 Å². The number of aliphatic hydroxyl groups excluding tert-OH is 1. The standard InChI is InChI=1S/C26H29NO7/c1-3-4-11-32-19-7-5-6-17(15-19)23-22(25(29)26(30)27(23)10-12-31-2)24(28)18-8-9-20-21(16-18)34-14-13-33-20/h5-9,15-16,23,28H,3-4,10-14H2,1-2H3/b24-22-. The summed E-state index contributed by atoms with van der Waals surface area (Å²) in [6.45, 7) is 3.94. The van der Waals surface area contributed by atoms with Crippen molar-refractivity contribution in [2.24, 2.45) is 0 Å². The zero-order valence-corrected chi connectivity index (χ0v) is 19.4. The van der Waals surface area contributed by atoms with Crippen LogP contribution in [-0.2, 0) is 14.3 Å². The molecule has 1 unspecified atom stereocenters. The molecule has 34 heavy (non-hydrogen) atoms. The second kappa shape index (κ2) is 10.6. The van der Waals surface area contributed by atoms with Gasteiger partial charge in [-0.05, 0) is 42.3 Å². The molecule has 2 aliphatic rings. The van der Waals surface area contributed by atoms with Crippen molar-refractivity contribution < 1.29 is 33.6 Å². The van der Waals surface area contributed by atoms with E-state index in [1.54, 1.807) is 18.2 Å². The Kier molecular flexibility index (Phi) is 7.37. The van der Waals surface area contributed by atoms with Crippen LogP contribution in [0, 0.1) is 0 Å². The molecule has 8 heteroatoms. The first-order chi connectivity index (χ1) is 16.5. The number of Topliss-reactive ketones (excluding diaryl/α,β-unsaturated/α-hetero) is 1. The number of amides is 1. The zero-order valence-electron chi connectivity index (χ0n) is 19.4. The predicted molar refractivity (Wildman–Crippen MR) is 125 cm³/mol. The van der Waals surface area contributed by atoms with E-state index in [1.807, 2.05) is 24.3 Å². The Bertz CT molecular complexity index is 1090. The van der Waals surface area contributed by atoms with Gasteiger partial charge in [-0.25, -0.2) is 0 Å². The van der Waals surface area contributed by atoms with Gasteiger partial charge in [-0.3, -0.25) is 9.59 Å². The molecule has 0 spiro atoms. The average molecular weight is 468 g/mol. The fourth-order valence-corrected chi connectivity index (χ4v) is 4.10. The van der Waals surface area contributed by atoms with Crippen LogP contribution in [0.15, 0.2) is 48.0 Å². The minimum absolute atomic E-state index is 0.0171. The molecule has 2 aromatic carbocycles. The number of ketones is 1. The van der Waals surface area contributed by atoms with Crippen molar-refractivity contribution in [3.05, 3.63) is 59.2 Å². The van der Waals surface area contributed by atoms with Crippen molar-refractivity contribution in [2.45, 2.75) is 25.8 Å². The van der Waals surface area contributed by atoms with E-state index in [2.05, 4.69) is 6.92 Å². The lowest BCUT2D eigenvalue weighted by atomic mass is 9.95. The number of aliphatic hydroxyl groups is 1. The van der Waals surface area contributed by atoms with Crippen molar-refractivity contribution in [2.75, 3.05) is 40.1 Å². The second-order valence-electron chi connectivity index (χ2n) is 8.12. The van der Waals surface area contributed by atoms with Gasteiger partial charge in [0.2, 0.25) is 0 Å². The molecular weight excluding hydrogens is 438 g/mol. The SMILES string of the molecule is CCCCOc1cccc(C2/C(=C(/O)c3ccc4c(c3)OCCO4)C(=O)C(=O)N2CCOC)c1. The van der Waals surface area contributed by atoms with Crippen molar-refractivity contribution in [3.63, 3.8) is 0 Å². The van der Waals surface area contributed by atoms with Crippen molar-refractivity contribution in [3.8, 4) is 17.2 Å². The molecule has 8 nitrogen and oxygen atoms in total. The van der Waals surface area contributed by atoms with Gasteiger partial charge in [-0.2, -0.15) is 0 Å². The highest BCUT2D eigenvalue weighted by atomic mass is 16.6. The molecule has 2 aliphatic heterocycles. The zero-order chi connectivity index (χ0) is 24.1. The first-order valence-corrected chi connectivity index (χ1v) is 11.4. The van der Waals surface area contributed by atoms with Crippen LogP contribution >= 0.6 is 0 Å². The van der Waals surface area contributed by atoms with Crippen molar-refractivity contribution in [1.29, 1.82) is 0 Å². The van der Waals surface area contributed by atoms with Crippen molar-refractivity contribution >= 4 is 17.4 Å². The number of fused-ring (bicyclic) bond motifs is 1. The van der Waals surface area contributed by atoms with E-state index in [-0.39, 0.29) is 24.5 Å². The third kappa shape index (κ3) is 4.72. The molecule has 1 N–H and O–H groups in total. The molecule has 2 heterocycles. The van der Waals surface area contributed by atoms with E-state index in [0.717, 1.165) is 12.8 Å². The van der Waals surface area contributed by atoms with Gasteiger partial charge >= 0.3 is 0 Å². The monoisotopic (exact) mass is 467 g/mol. The Morgan fingerprint density at radius 2 is 1.88 bits per heavy atom. The number of methoxy groups -OCH3 is 1. The lowest BCUT2D eigenvalue weighted by molar-refractivity contribution is -0.140. The van der Waals surface area contributed by atoms with Crippen LogP contribution in [0.4, 0.5) is 0 Å². The molecular formula is C26H29NO7. The van der Waals surface area contributed by atoms with E-state index in [4.69, 9.17) is 18.9 Å². The Morgan fingerprint density at radius 1 is 1.09 bits per heavy atom. The van der Waals surface area contributed by atoms with Gasteiger partial charge in [-0.15, -0.1) is 0 Å². The minimum atomic E-state index is -0.780. The van der Waals surface area contributed by atoms with Crippen LogP contribution in [0.5, 0.6) is 17.2 Å². The summed E-state index contributed by atoms with van der Waals surface area (Å²) in [5.74, 6) is -0.00648. The van der Waals surface area contributed by atoms with Crippen LogP contribution in [-0.4, -0.2) is 61.8 Å². The number of carbonyl (C=O) groups is 2. The third-order valence-corrected chi connectivity index (χ3v) is 5.83. The summed E-state index contributed by atoms with van der Waals surface area (Å²) in [5.41, 5.74) is 1.06. The maximum Gasteiger partial charge on any atom is 0.295 e. The molecule has 0 aromatic heterocycles. The van der Waals surface area contributed by atoms with E-state index in [1.165, 1.54) is 12.0 Å². The molecule has 1 amide bonds. The number of unbranched alkanes of at least 4 members (excludes halogenated alkanes) is 1. The van der Waals surface area contributed by atoms with Gasteiger partial charge in [0.05, 0.1) is 24.8 Å². The van der Waals surface area contributed by atoms with Crippen LogP contribution in [0.3, 0.4) is 0 Å². The second-order valence-corrected chi connectivity index (χ2v) is 8.12. The smallest absolute Gasteiger partial charge is 0.295 e. The number of ether oxygens (including phenoxy) is 4. The van der Waals surface area contributed by atoms with Gasteiger partial charge in [0, 0.05) is 19.2 Å². The Morgan fingerprint density at radius 3 is 2.65 bits per heavy atom. The van der Waals surface area contributed by atoms with E-state index >= 15 is 0 Å². The molecule has 1 atom stereocenters. The predicted octanol–water partition coefficient (Wildman–Crippen LogP) is 3.70. The summed E-state index contributed by atoms with van der Waals surface area (Å²) < 4.78 is 22.2. The highest BCUT2D eigenvalue weighted by molar-refractivity contribution is 6.46. The summed E-state index contributed by atoms with van der Waals surface area (Å²) in [6.07, 6.45) is 1.92. The number of carbonyl (C=O) groups excluding carboxylic acids is 2. The number of hydrogen-bond acceptors (Lipinski definition) is 7. The van der Waals surface area contributed by atoms with Crippen LogP contribution in [0.2, 0.25) is 0 Å². The average Bonchev–Trinajstić information content (AvgIpc) is 3.12. The van der Waals surface area contributed by atoms with Gasteiger partial charge in [0.1, 0.15) is 24.7 Å². The molecule has 2 aromatic rings. The van der Waals surface area contributed by atoms with Crippen LogP contribution in [0.1, 0.15) is 36.9 Å². The largest absolute Gasteiger partial charge is 0.507 e. The van der Waals surface area contributed by atoms with E-state index < -0.39 is 17.7 Å². The number of benzene rings is 2. The summed E-state index contributed by atoms with van der Waals surface area (Å²) >= 11 is 0. The molecule has 0 bridgehead atoms. The summed E-state index contributed by atoms with van der Waals surface area (Å²) in [4.78, 5) is 27.5. The van der Waals surface area contributed by atoms with Gasteiger partial charge in [-0.1, -0.05) is 25.5 Å². The topological polar surface area (TPSA) is 94.5 Å². The highest BCUT2D eigenvalue weighted by Gasteiger charge is 2.46. The lowest BCUT2D eigenvalue weighted by Gasteiger charge is -2.25. The molecule has 1 saturated heterocycles. The fraction of sp³-hybridized carbons (Fsp3) is 0.385. The maximum absolute atomic E-state index is 13.1. The summed E-state index contributed by atoms with van der Waals surface area (Å²) in [7, 11) is 1.53. The fourth-order valence-electron chi connectivity index (χ4n) is 4.10. The van der Waals surface area contributed by atoms with E-state index in [9.17, 15) is 14.7 Å². The van der Waals surface area contributed by atoms with Gasteiger partial charge < -0.3 is 29.0 Å². The van der Waals surface area contributed by atoms with E-state index in [0.29, 0.717) is 48.2 Å². The number of likely N-dealkylation sites (tertiary alicyclic amines) is 1. The number of rotatable bonds is 9. The Hall–Kier alpha value is -3.52. The van der Waals surface area contributed by atoms with Gasteiger partial charge in [0.25, 0.3) is 11.7 Å². The normalized spacial score (nSPS) is 18.9. The molecule has 180 valence electrons. The third-order valence-electron chi connectivity index (χ3n) is 5.83. The number of nitrogens with zero attached hydrogens (tertiary/aromatic N) is 1. The number of hydrogen-bond donors (Lipinski definition) is 1. The highest BCUT2D eigenvalue weighted by Crippen LogP contribution is 2.41. The maximum atomic E-state index is 13.1. The lowest BCUT2D eigenvalue weighted by Crippen LogP contribution is -2.32. The Balaban J connectivity index is 1.77. The van der Waals surface area contributed by atoms with Gasteiger partial charge in [0.15, 0.2) is 11.5 Å². The quantitative estimate of drug-likeness (QED) is 0.260. The molecule has 0 aliphatic carbocycles. The Labute approximate surface area is 198 Å². The molecule has 0 saturated carbocycles. The molecule has 1 fully saturated rings. The summed E-state index contributed by atoms with van der Waals surface area (Å²) in [5, 5.41) is 11.2. The molecule has 4 rings (SSSR count). The first kappa shape index (κ1) is 23.6. The summed E-state index contributed by atoms with van der Waals surface area (Å²) in [6, 6.07) is 11.4. The minimum Gasteiger partial charge on any atom is -0.507 e. The van der Waals surface area contributed by atoms with Crippen molar-refractivity contribution in [1.82, 2.24) is 4.90 Å². The first-order valence-electron chi connectivity index (χ1n) is 11.4. The van der Waals surface area contributed by atoms with Crippen LogP contribution < -0.4 is 14.2 Å². The molecule has 0 radical (unpaired) electrons.